The van der Waals surface area contributed by atoms with E-state index in [9.17, 15) is 0 Å². The van der Waals surface area contributed by atoms with E-state index in [1.165, 1.54) is 0 Å². The molecule has 0 fully saturated rings. The van der Waals surface area contributed by atoms with Crippen molar-refractivity contribution in [1.29, 1.82) is 0 Å². The zero-order chi connectivity index (χ0) is 7.28. The Morgan fingerprint density at radius 1 is 1.33 bits per heavy atom. The van der Waals surface area contributed by atoms with E-state index in [4.69, 9.17) is 9.05 Å². The van der Waals surface area contributed by atoms with E-state index in [1.807, 2.05) is 0 Å². The molecule has 0 amide bonds. The Balaban J connectivity index is 3.50. The first-order valence-corrected chi connectivity index (χ1v) is 4.38. The van der Waals surface area contributed by atoms with Gasteiger partial charge in [-0.25, -0.2) is 0 Å². The lowest BCUT2D eigenvalue weighted by atomic mass is 10.4. The predicted molar refractivity (Wildman–Crippen MR) is 40.7 cm³/mol. The Bertz CT molecular complexity index is 64.1. The van der Waals surface area contributed by atoms with E-state index in [-0.39, 0.29) is 0 Å². The van der Waals surface area contributed by atoms with Crippen LogP contribution in [0.5, 0.6) is 0 Å². The fraction of sp³-hybridized carbons (Fsp3) is 1.00. The Labute approximate surface area is 58.5 Å². The summed E-state index contributed by atoms with van der Waals surface area (Å²) in [5.41, 5.74) is 0.551. The van der Waals surface area contributed by atoms with Crippen LogP contribution in [0.2, 0.25) is 0 Å². The highest BCUT2D eigenvalue weighted by Gasteiger charge is 2.13. The molecule has 9 heavy (non-hydrogen) atoms. The maximum Gasteiger partial charge on any atom is 0.172 e. The summed E-state index contributed by atoms with van der Waals surface area (Å²) >= 11 is 0. The lowest BCUT2D eigenvalue weighted by Gasteiger charge is -2.17. The molecule has 0 rings (SSSR count). The van der Waals surface area contributed by atoms with Crippen molar-refractivity contribution in [2.75, 3.05) is 14.2 Å². The molecule has 0 aliphatic heterocycles. The van der Waals surface area contributed by atoms with Crippen molar-refractivity contribution >= 4 is 8.38 Å². The van der Waals surface area contributed by atoms with Crippen molar-refractivity contribution in [2.24, 2.45) is 0 Å². The zero-order valence-electron chi connectivity index (χ0n) is 6.55. The summed E-state index contributed by atoms with van der Waals surface area (Å²) in [6.07, 6.45) is 1.12. The molecule has 0 radical (unpaired) electrons. The van der Waals surface area contributed by atoms with E-state index in [2.05, 4.69) is 13.8 Å². The lowest BCUT2D eigenvalue weighted by molar-refractivity contribution is 0.331. The monoisotopic (exact) mass is 150 g/mol. The molecule has 0 saturated carbocycles. The maximum absolute atomic E-state index is 5.09. The molecule has 1 unspecified atom stereocenters. The molecule has 0 aliphatic carbocycles. The predicted octanol–water partition coefficient (Wildman–Crippen LogP) is 2.39. The minimum absolute atomic E-state index is 0.551. The Kier molecular flexibility index (Phi) is 5.36. The van der Waals surface area contributed by atoms with Gasteiger partial charge in [-0.15, -0.1) is 0 Å². The Morgan fingerprint density at radius 3 is 1.89 bits per heavy atom. The molecule has 0 aromatic rings. The summed E-state index contributed by atoms with van der Waals surface area (Å²) in [7, 11) is 2.77. The Morgan fingerprint density at radius 2 is 1.78 bits per heavy atom. The van der Waals surface area contributed by atoms with Crippen molar-refractivity contribution in [3.05, 3.63) is 0 Å². The largest absolute Gasteiger partial charge is 0.337 e. The van der Waals surface area contributed by atoms with Gasteiger partial charge < -0.3 is 9.05 Å². The van der Waals surface area contributed by atoms with Crippen LogP contribution in [0.4, 0.5) is 0 Å². The molecule has 2 nitrogen and oxygen atoms in total. The molecule has 1 atom stereocenters. The highest BCUT2D eigenvalue weighted by Crippen LogP contribution is 2.42. The zero-order valence-corrected chi connectivity index (χ0v) is 7.44. The molecule has 56 valence electrons. The molecular formula is C6H15O2P. The van der Waals surface area contributed by atoms with E-state index in [0.29, 0.717) is 5.66 Å². The first-order chi connectivity index (χ1) is 4.26. The second-order valence-corrected chi connectivity index (χ2v) is 4.09. The molecule has 0 aliphatic rings. The van der Waals surface area contributed by atoms with E-state index >= 15 is 0 Å². The van der Waals surface area contributed by atoms with Crippen LogP contribution in [0.25, 0.3) is 0 Å². The maximum atomic E-state index is 5.09. The summed E-state index contributed by atoms with van der Waals surface area (Å²) in [6, 6.07) is 0. The highest BCUT2D eigenvalue weighted by atomic mass is 31.2. The van der Waals surface area contributed by atoms with Gasteiger partial charge in [0.15, 0.2) is 8.38 Å². The summed E-state index contributed by atoms with van der Waals surface area (Å²) < 4.78 is 10.2. The quantitative estimate of drug-likeness (QED) is 0.573. The number of rotatable bonds is 4. The van der Waals surface area contributed by atoms with E-state index < -0.39 is 8.38 Å². The first kappa shape index (κ1) is 9.35. The third kappa shape index (κ3) is 3.14. The lowest BCUT2D eigenvalue weighted by Crippen LogP contribution is -1.99. The van der Waals surface area contributed by atoms with Gasteiger partial charge in [-0.2, -0.15) is 0 Å². The van der Waals surface area contributed by atoms with Crippen LogP contribution in [0.15, 0.2) is 0 Å². The van der Waals surface area contributed by atoms with E-state index in [1.54, 1.807) is 14.2 Å². The van der Waals surface area contributed by atoms with Gasteiger partial charge >= 0.3 is 0 Å². The van der Waals surface area contributed by atoms with Gasteiger partial charge in [0, 0.05) is 19.9 Å². The van der Waals surface area contributed by atoms with Gasteiger partial charge in [0.25, 0.3) is 0 Å². The smallest absolute Gasteiger partial charge is 0.172 e. The number of hydrogen-bond acceptors (Lipinski definition) is 2. The molecular weight excluding hydrogens is 135 g/mol. The fourth-order valence-electron chi connectivity index (χ4n) is 0.583. The van der Waals surface area contributed by atoms with Crippen LogP contribution >= 0.6 is 8.38 Å². The van der Waals surface area contributed by atoms with Gasteiger partial charge in [-0.3, -0.25) is 0 Å². The molecule has 3 heteroatoms. The SMILES string of the molecule is CCC(C)P(OC)OC. The second-order valence-electron chi connectivity index (χ2n) is 1.91. The van der Waals surface area contributed by atoms with Crippen LogP contribution in [-0.4, -0.2) is 19.9 Å². The van der Waals surface area contributed by atoms with Crippen LogP contribution in [-0.2, 0) is 9.05 Å². The standard InChI is InChI=1S/C6H15O2P/c1-5-6(2)9(7-3)8-4/h6H,5H2,1-4H3. The highest BCUT2D eigenvalue weighted by molar-refractivity contribution is 7.48. The van der Waals surface area contributed by atoms with Gasteiger partial charge in [0.05, 0.1) is 0 Å². The van der Waals surface area contributed by atoms with Crippen LogP contribution < -0.4 is 0 Å². The summed E-state index contributed by atoms with van der Waals surface area (Å²) in [5.74, 6) is 0. The molecule has 0 heterocycles. The van der Waals surface area contributed by atoms with Crippen molar-refractivity contribution in [2.45, 2.75) is 25.9 Å². The van der Waals surface area contributed by atoms with Gasteiger partial charge in [-0.05, 0) is 6.42 Å². The molecule has 0 aromatic heterocycles. The average Bonchev–Trinajstić information content (AvgIpc) is 1.90. The fourth-order valence-corrected chi connectivity index (χ4v) is 1.75. The normalized spacial score (nSPS) is 14.3. The van der Waals surface area contributed by atoms with Gasteiger partial charge in [0.1, 0.15) is 0 Å². The van der Waals surface area contributed by atoms with Crippen molar-refractivity contribution < 1.29 is 9.05 Å². The van der Waals surface area contributed by atoms with Gasteiger partial charge in [-0.1, -0.05) is 13.8 Å². The first-order valence-electron chi connectivity index (χ1n) is 3.13. The summed E-state index contributed by atoms with van der Waals surface area (Å²) in [6.45, 7) is 4.27. The molecule has 0 saturated heterocycles. The van der Waals surface area contributed by atoms with Crippen molar-refractivity contribution in [3.63, 3.8) is 0 Å². The third-order valence-corrected chi connectivity index (χ3v) is 3.12. The second kappa shape index (κ2) is 5.16. The summed E-state index contributed by atoms with van der Waals surface area (Å²) in [4.78, 5) is 0. The average molecular weight is 150 g/mol. The molecule has 0 aromatic carbocycles. The third-order valence-electron chi connectivity index (χ3n) is 1.31. The van der Waals surface area contributed by atoms with Crippen molar-refractivity contribution in [1.82, 2.24) is 0 Å². The van der Waals surface area contributed by atoms with Crippen LogP contribution in [0.3, 0.4) is 0 Å². The Hall–Kier alpha value is 0.350. The van der Waals surface area contributed by atoms with E-state index in [0.717, 1.165) is 6.42 Å². The topological polar surface area (TPSA) is 18.5 Å². The molecule has 0 N–H and O–H groups in total. The molecule has 0 bridgehead atoms. The minimum Gasteiger partial charge on any atom is -0.337 e. The minimum atomic E-state index is -0.618. The summed E-state index contributed by atoms with van der Waals surface area (Å²) in [5, 5.41) is 0. The number of hydrogen-bond donors (Lipinski definition) is 0. The van der Waals surface area contributed by atoms with Gasteiger partial charge in [0.2, 0.25) is 0 Å². The van der Waals surface area contributed by atoms with Crippen molar-refractivity contribution in [3.8, 4) is 0 Å². The van der Waals surface area contributed by atoms with Crippen LogP contribution in [0.1, 0.15) is 20.3 Å². The molecule has 0 spiro atoms. The van der Waals surface area contributed by atoms with Crippen LogP contribution in [0, 0.1) is 0 Å².